The van der Waals surface area contributed by atoms with E-state index in [1.54, 1.807) is 0 Å². The molecule has 0 amide bonds. The predicted octanol–water partition coefficient (Wildman–Crippen LogP) is 3.54. The number of hydrogen-bond acceptors (Lipinski definition) is 3. The molecule has 1 aliphatic heterocycles. The van der Waals surface area contributed by atoms with E-state index in [1.807, 2.05) is 11.3 Å². The molecular weight excluding hydrogens is 264 g/mol. The first-order chi connectivity index (χ1) is 8.86. The summed E-state index contributed by atoms with van der Waals surface area (Å²) in [4.78, 5) is 4.06. The van der Waals surface area contributed by atoms with Crippen LogP contribution in [0.5, 0.6) is 0 Å². The summed E-state index contributed by atoms with van der Waals surface area (Å²) in [6.45, 7) is 4.56. The van der Waals surface area contributed by atoms with Crippen molar-refractivity contribution in [3.8, 4) is 0 Å². The van der Waals surface area contributed by atoms with E-state index in [0.717, 1.165) is 37.1 Å². The maximum absolute atomic E-state index is 6.40. The van der Waals surface area contributed by atoms with E-state index in [-0.39, 0.29) is 0 Å². The van der Waals surface area contributed by atoms with E-state index in [1.165, 1.54) is 30.6 Å². The minimum Gasteiger partial charge on any atom is -0.314 e. The van der Waals surface area contributed by atoms with Gasteiger partial charge in [0.2, 0.25) is 0 Å². The highest BCUT2D eigenvalue weighted by Crippen LogP contribution is 2.43. The quantitative estimate of drug-likeness (QED) is 0.913. The molecule has 1 saturated heterocycles. The lowest BCUT2D eigenvalue weighted by atomic mass is 9.94. The molecule has 1 aromatic rings. The van der Waals surface area contributed by atoms with Crippen LogP contribution < -0.4 is 5.32 Å². The van der Waals surface area contributed by atoms with Crippen molar-refractivity contribution in [3.63, 3.8) is 0 Å². The van der Waals surface area contributed by atoms with Crippen LogP contribution in [-0.2, 0) is 0 Å². The lowest BCUT2D eigenvalue weighted by Crippen LogP contribution is -2.46. The molecule has 0 bridgehead atoms. The average molecular weight is 285 g/mol. The van der Waals surface area contributed by atoms with Gasteiger partial charge in [0.25, 0.3) is 0 Å². The number of nitrogens with one attached hydrogen (secondary N) is 1. The zero-order chi connectivity index (χ0) is 12.4. The molecule has 2 nitrogen and oxygen atoms in total. The fourth-order valence-corrected chi connectivity index (χ4v) is 4.82. The molecule has 2 aliphatic rings. The highest BCUT2D eigenvalue weighted by molar-refractivity contribution is 7.10. The fraction of sp³-hybridized carbons (Fsp3) is 0.714. The molecule has 1 aliphatic carbocycles. The molecule has 18 heavy (non-hydrogen) atoms. The molecule has 3 rings (SSSR count). The number of piperazine rings is 1. The Hall–Kier alpha value is -0.0900. The van der Waals surface area contributed by atoms with Gasteiger partial charge in [-0.15, -0.1) is 11.3 Å². The largest absolute Gasteiger partial charge is 0.314 e. The average Bonchev–Trinajstić information content (AvgIpc) is 3.05. The van der Waals surface area contributed by atoms with Crippen LogP contribution >= 0.6 is 22.9 Å². The van der Waals surface area contributed by atoms with E-state index < -0.39 is 0 Å². The first-order valence-corrected chi connectivity index (χ1v) is 8.29. The van der Waals surface area contributed by atoms with Gasteiger partial charge in [0.05, 0.1) is 5.02 Å². The molecule has 1 atom stereocenters. The van der Waals surface area contributed by atoms with Crippen LogP contribution in [0, 0.1) is 5.92 Å². The normalized spacial score (nSPS) is 24.5. The van der Waals surface area contributed by atoms with E-state index >= 15 is 0 Å². The van der Waals surface area contributed by atoms with Gasteiger partial charge in [0.15, 0.2) is 0 Å². The Morgan fingerprint density at radius 1 is 1.28 bits per heavy atom. The zero-order valence-corrected chi connectivity index (χ0v) is 12.3. The Labute approximate surface area is 118 Å². The van der Waals surface area contributed by atoms with Gasteiger partial charge in [-0.05, 0) is 30.2 Å². The van der Waals surface area contributed by atoms with Crippen LogP contribution in [0.3, 0.4) is 0 Å². The minimum atomic E-state index is 0.571. The van der Waals surface area contributed by atoms with Gasteiger partial charge in [-0.3, -0.25) is 4.90 Å². The second-order valence-electron chi connectivity index (χ2n) is 5.41. The van der Waals surface area contributed by atoms with Gasteiger partial charge in [-0.1, -0.05) is 24.4 Å². The van der Waals surface area contributed by atoms with Crippen molar-refractivity contribution >= 4 is 22.9 Å². The van der Waals surface area contributed by atoms with Gasteiger partial charge in [0, 0.05) is 37.1 Å². The highest BCUT2D eigenvalue weighted by Gasteiger charge is 2.33. The minimum absolute atomic E-state index is 0.571. The molecule has 1 N–H and O–H groups in total. The third-order valence-electron chi connectivity index (χ3n) is 4.30. The molecule has 2 fully saturated rings. The second-order valence-corrected chi connectivity index (χ2v) is 6.76. The summed E-state index contributed by atoms with van der Waals surface area (Å²) in [6, 6.07) is 2.63. The summed E-state index contributed by atoms with van der Waals surface area (Å²) in [7, 11) is 0. The van der Waals surface area contributed by atoms with Crippen LogP contribution in [0.2, 0.25) is 5.02 Å². The molecule has 0 unspecified atom stereocenters. The van der Waals surface area contributed by atoms with Crippen molar-refractivity contribution in [2.45, 2.75) is 31.7 Å². The molecular formula is C14H21ClN2S. The van der Waals surface area contributed by atoms with Crippen molar-refractivity contribution in [1.29, 1.82) is 0 Å². The Kier molecular flexibility index (Phi) is 4.24. The summed E-state index contributed by atoms with van der Waals surface area (Å²) in [6.07, 6.45) is 5.55. The second kappa shape index (κ2) is 5.91. The van der Waals surface area contributed by atoms with Crippen LogP contribution in [0.25, 0.3) is 0 Å². The summed E-state index contributed by atoms with van der Waals surface area (Å²) in [5.41, 5.74) is 0. The van der Waals surface area contributed by atoms with Gasteiger partial charge < -0.3 is 5.32 Å². The molecule has 2 heterocycles. The summed E-state index contributed by atoms with van der Waals surface area (Å²) < 4.78 is 0. The SMILES string of the molecule is Clc1ccsc1[C@H](C1CCCC1)N1CCNCC1. The van der Waals surface area contributed by atoms with E-state index in [9.17, 15) is 0 Å². The number of thiophene rings is 1. The van der Waals surface area contributed by atoms with Crippen LogP contribution in [0.1, 0.15) is 36.6 Å². The molecule has 1 aromatic heterocycles. The Morgan fingerprint density at radius 3 is 2.61 bits per heavy atom. The Morgan fingerprint density at radius 2 is 2.00 bits per heavy atom. The Balaban J connectivity index is 1.85. The summed E-state index contributed by atoms with van der Waals surface area (Å²) in [5, 5.41) is 6.57. The molecule has 0 spiro atoms. The lowest BCUT2D eigenvalue weighted by molar-refractivity contribution is 0.128. The Bertz CT molecular complexity index is 381. The summed E-state index contributed by atoms with van der Waals surface area (Å²) >= 11 is 8.24. The van der Waals surface area contributed by atoms with Crippen LogP contribution in [0.4, 0.5) is 0 Å². The molecule has 0 radical (unpaired) electrons. The van der Waals surface area contributed by atoms with E-state index in [4.69, 9.17) is 11.6 Å². The van der Waals surface area contributed by atoms with E-state index in [2.05, 4.69) is 21.7 Å². The molecule has 1 saturated carbocycles. The number of halogens is 1. The highest BCUT2D eigenvalue weighted by atomic mass is 35.5. The van der Waals surface area contributed by atoms with Crippen molar-refractivity contribution in [3.05, 3.63) is 21.3 Å². The number of rotatable bonds is 3. The predicted molar refractivity (Wildman–Crippen MR) is 78.5 cm³/mol. The van der Waals surface area contributed by atoms with Gasteiger partial charge in [0.1, 0.15) is 0 Å². The van der Waals surface area contributed by atoms with Crippen molar-refractivity contribution in [2.24, 2.45) is 5.92 Å². The number of nitrogens with zero attached hydrogens (tertiary/aromatic N) is 1. The van der Waals surface area contributed by atoms with Gasteiger partial charge in [-0.2, -0.15) is 0 Å². The zero-order valence-electron chi connectivity index (χ0n) is 10.7. The molecule has 4 heteroatoms. The van der Waals surface area contributed by atoms with Crippen LogP contribution in [-0.4, -0.2) is 31.1 Å². The monoisotopic (exact) mass is 284 g/mol. The third-order valence-corrected chi connectivity index (χ3v) is 5.73. The first kappa shape index (κ1) is 12.9. The van der Waals surface area contributed by atoms with Crippen molar-refractivity contribution in [1.82, 2.24) is 10.2 Å². The van der Waals surface area contributed by atoms with E-state index in [0.29, 0.717) is 6.04 Å². The fourth-order valence-electron chi connectivity index (χ4n) is 3.43. The maximum Gasteiger partial charge on any atom is 0.0561 e. The molecule has 100 valence electrons. The smallest absolute Gasteiger partial charge is 0.0561 e. The molecule has 0 aromatic carbocycles. The number of hydrogen-bond donors (Lipinski definition) is 1. The third kappa shape index (κ3) is 2.60. The first-order valence-electron chi connectivity index (χ1n) is 7.04. The van der Waals surface area contributed by atoms with Gasteiger partial charge >= 0.3 is 0 Å². The topological polar surface area (TPSA) is 15.3 Å². The maximum atomic E-state index is 6.40. The van der Waals surface area contributed by atoms with Crippen molar-refractivity contribution in [2.75, 3.05) is 26.2 Å². The standard InChI is InChI=1S/C14H21ClN2S/c15-12-5-10-18-14(12)13(11-3-1-2-4-11)17-8-6-16-7-9-17/h5,10-11,13,16H,1-4,6-9H2/t13-/m0/s1. The van der Waals surface area contributed by atoms with Gasteiger partial charge in [-0.25, -0.2) is 0 Å². The lowest BCUT2D eigenvalue weighted by Gasteiger charge is -2.38. The van der Waals surface area contributed by atoms with Crippen molar-refractivity contribution < 1.29 is 0 Å². The van der Waals surface area contributed by atoms with Crippen LogP contribution in [0.15, 0.2) is 11.4 Å². The summed E-state index contributed by atoms with van der Waals surface area (Å²) in [5.74, 6) is 0.819.